The monoisotopic (exact) mass is 420 g/mol. The smallest absolute Gasteiger partial charge is 0.255 e. The lowest BCUT2D eigenvalue weighted by Gasteiger charge is -2.13. The van der Waals surface area contributed by atoms with E-state index in [1.807, 2.05) is 0 Å². The zero-order valence-corrected chi connectivity index (χ0v) is 16.7. The normalized spacial score (nSPS) is 12.2. The molecular formula is C21H19F3N2O2S. The topological polar surface area (TPSA) is 52.0 Å². The van der Waals surface area contributed by atoms with Crippen molar-refractivity contribution >= 4 is 9.84 Å². The van der Waals surface area contributed by atoms with Gasteiger partial charge in [-0.2, -0.15) is 18.3 Å². The quantitative estimate of drug-likeness (QED) is 0.538. The van der Waals surface area contributed by atoms with Crippen LogP contribution in [0.15, 0.2) is 66.1 Å². The van der Waals surface area contributed by atoms with Gasteiger partial charge in [-0.15, -0.1) is 6.58 Å². The summed E-state index contributed by atoms with van der Waals surface area (Å²) in [6.07, 6.45) is -2.22. The Bertz CT molecular complexity index is 1160. The summed E-state index contributed by atoms with van der Waals surface area (Å²) >= 11 is 0. The summed E-state index contributed by atoms with van der Waals surface area (Å²) in [5.74, 6) is 0. The molecule has 3 aromatic rings. The predicted molar refractivity (Wildman–Crippen MR) is 106 cm³/mol. The van der Waals surface area contributed by atoms with Gasteiger partial charge in [0.05, 0.1) is 11.4 Å². The molecule has 0 spiro atoms. The Labute approximate surface area is 167 Å². The number of nitrogens with zero attached hydrogens (tertiary/aromatic N) is 2. The molecule has 3 rings (SSSR count). The van der Waals surface area contributed by atoms with E-state index < -0.39 is 21.7 Å². The minimum absolute atomic E-state index is 0.0374. The van der Waals surface area contributed by atoms with Crippen LogP contribution in [0.1, 0.15) is 11.3 Å². The number of hydrogen-bond acceptors (Lipinski definition) is 3. The number of aromatic nitrogens is 2. The van der Waals surface area contributed by atoms with Crippen molar-refractivity contribution in [2.75, 3.05) is 6.26 Å². The summed E-state index contributed by atoms with van der Waals surface area (Å²) in [4.78, 5) is 0.0836. The Morgan fingerprint density at radius 1 is 1.10 bits per heavy atom. The molecule has 0 amide bonds. The summed E-state index contributed by atoms with van der Waals surface area (Å²) in [5.41, 5.74) is 0.707. The third kappa shape index (κ3) is 4.12. The van der Waals surface area contributed by atoms with E-state index in [1.165, 1.54) is 30.3 Å². The van der Waals surface area contributed by atoms with E-state index in [0.29, 0.717) is 16.7 Å². The zero-order valence-electron chi connectivity index (χ0n) is 15.9. The molecule has 0 N–H and O–H groups in total. The maximum atomic E-state index is 14.0. The lowest BCUT2D eigenvalue weighted by Crippen LogP contribution is -2.15. The second kappa shape index (κ2) is 7.51. The Balaban J connectivity index is 2.35. The molecule has 1 aromatic heterocycles. The third-order valence-corrected chi connectivity index (χ3v) is 5.62. The molecular weight excluding hydrogens is 401 g/mol. The Morgan fingerprint density at radius 2 is 1.72 bits per heavy atom. The molecule has 0 bridgehead atoms. The van der Waals surface area contributed by atoms with Crippen molar-refractivity contribution in [3.8, 4) is 22.4 Å². The highest BCUT2D eigenvalue weighted by molar-refractivity contribution is 7.90. The lowest BCUT2D eigenvalue weighted by atomic mass is 9.95. The lowest BCUT2D eigenvalue weighted by molar-refractivity contribution is -0.143. The zero-order chi connectivity index (χ0) is 21.4. The Hall–Kier alpha value is -2.87. The van der Waals surface area contributed by atoms with Gasteiger partial charge in [-0.3, -0.25) is 4.68 Å². The first kappa shape index (κ1) is 20.9. The molecule has 0 saturated heterocycles. The van der Waals surface area contributed by atoms with Gasteiger partial charge in [0.2, 0.25) is 0 Å². The minimum atomic E-state index is -4.64. The number of allylic oxidation sites excluding steroid dienone is 1. The number of halogens is 3. The molecule has 2 aromatic carbocycles. The molecule has 0 fully saturated rings. The van der Waals surface area contributed by atoms with Crippen LogP contribution in [0.4, 0.5) is 13.2 Å². The summed E-state index contributed by atoms with van der Waals surface area (Å²) in [6, 6.07) is 12.5. The second-order valence-electron chi connectivity index (χ2n) is 6.65. The van der Waals surface area contributed by atoms with Crippen LogP contribution < -0.4 is 0 Å². The van der Waals surface area contributed by atoms with Crippen LogP contribution in [0.3, 0.4) is 0 Å². The van der Waals surface area contributed by atoms with Gasteiger partial charge < -0.3 is 0 Å². The highest BCUT2D eigenvalue weighted by Crippen LogP contribution is 2.43. The van der Waals surface area contributed by atoms with Crippen molar-refractivity contribution < 1.29 is 21.6 Å². The van der Waals surface area contributed by atoms with Crippen LogP contribution in [0.2, 0.25) is 0 Å². The number of aryl methyl sites for hydroxylation is 1. The molecule has 4 nitrogen and oxygen atoms in total. The summed E-state index contributed by atoms with van der Waals surface area (Å²) < 4.78 is 66.4. The highest BCUT2D eigenvalue weighted by Gasteiger charge is 2.40. The van der Waals surface area contributed by atoms with Crippen LogP contribution >= 0.6 is 0 Å². The van der Waals surface area contributed by atoms with Crippen LogP contribution in [0, 0.1) is 6.92 Å². The fraction of sp³-hybridized carbons (Fsp3) is 0.190. The summed E-state index contributed by atoms with van der Waals surface area (Å²) in [7, 11) is -3.42. The molecule has 8 heteroatoms. The van der Waals surface area contributed by atoms with Gasteiger partial charge in [-0.1, -0.05) is 42.5 Å². The van der Waals surface area contributed by atoms with Gasteiger partial charge in [0, 0.05) is 17.4 Å². The van der Waals surface area contributed by atoms with Crippen LogP contribution in [0.25, 0.3) is 22.4 Å². The van der Waals surface area contributed by atoms with E-state index in [-0.39, 0.29) is 22.7 Å². The van der Waals surface area contributed by atoms with Gasteiger partial charge in [0.1, 0.15) is 5.69 Å². The summed E-state index contributed by atoms with van der Waals surface area (Å²) in [5, 5.41) is 4.22. The maximum absolute atomic E-state index is 14.0. The summed E-state index contributed by atoms with van der Waals surface area (Å²) in [6.45, 7) is 5.14. The molecule has 29 heavy (non-hydrogen) atoms. The van der Waals surface area contributed by atoms with Crippen molar-refractivity contribution in [2.24, 2.45) is 0 Å². The minimum Gasteiger partial charge on any atom is -0.255 e. The van der Waals surface area contributed by atoms with Crippen molar-refractivity contribution in [3.05, 3.63) is 72.4 Å². The molecule has 1 heterocycles. The van der Waals surface area contributed by atoms with Crippen molar-refractivity contribution in [1.82, 2.24) is 9.78 Å². The standard InChI is InChI=1S/C21H19F3N2O2S/c1-4-13-26-20(21(22,23)24)18(17-8-6-5-7-14(17)2)19(25-26)15-9-11-16(12-10-15)29(3,27)28/h4-12H,1,13H2,2-3H3. The molecule has 0 unspecified atom stereocenters. The third-order valence-electron chi connectivity index (χ3n) is 4.49. The van der Waals surface area contributed by atoms with E-state index in [0.717, 1.165) is 10.9 Å². The first-order valence-electron chi connectivity index (χ1n) is 8.69. The van der Waals surface area contributed by atoms with E-state index in [9.17, 15) is 21.6 Å². The number of alkyl halides is 3. The largest absolute Gasteiger partial charge is 0.433 e. The van der Waals surface area contributed by atoms with E-state index in [4.69, 9.17) is 0 Å². The SMILES string of the molecule is C=CCn1nc(-c2ccc(S(C)(=O)=O)cc2)c(-c2ccccc2C)c1C(F)(F)F. The average Bonchev–Trinajstić information content (AvgIpc) is 3.01. The molecule has 0 aliphatic carbocycles. The van der Waals surface area contributed by atoms with Gasteiger partial charge in [-0.25, -0.2) is 8.42 Å². The number of sulfone groups is 1. The molecule has 0 aliphatic rings. The number of hydrogen-bond donors (Lipinski definition) is 0. The van der Waals surface area contributed by atoms with Crippen LogP contribution in [-0.2, 0) is 22.6 Å². The van der Waals surface area contributed by atoms with E-state index in [2.05, 4.69) is 11.7 Å². The van der Waals surface area contributed by atoms with Gasteiger partial charge in [0.15, 0.2) is 15.5 Å². The van der Waals surface area contributed by atoms with Gasteiger partial charge in [0.25, 0.3) is 0 Å². The van der Waals surface area contributed by atoms with E-state index >= 15 is 0 Å². The Kier molecular flexibility index (Phi) is 5.40. The van der Waals surface area contributed by atoms with Crippen LogP contribution in [-0.4, -0.2) is 24.5 Å². The average molecular weight is 420 g/mol. The van der Waals surface area contributed by atoms with Crippen molar-refractivity contribution in [2.45, 2.75) is 24.5 Å². The van der Waals surface area contributed by atoms with Gasteiger partial charge >= 0.3 is 6.18 Å². The number of rotatable bonds is 5. The van der Waals surface area contributed by atoms with E-state index in [1.54, 1.807) is 31.2 Å². The molecule has 0 saturated carbocycles. The van der Waals surface area contributed by atoms with Crippen molar-refractivity contribution in [1.29, 1.82) is 0 Å². The van der Waals surface area contributed by atoms with Crippen molar-refractivity contribution in [3.63, 3.8) is 0 Å². The van der Waals surface area contributed by atoms with Gasteiger partial charge in [-0.05, 0) is 30.2 Å². The fourth-order valence-corrected chi connectivity index (χ4v) is 3.81. The fourth-order valence-electron chi connectivity index (χ4n) is 3.17. The first-order valence-corrected chi connectivity index (χ1v) is 10.6. The Morgan fingerprint density at radius 3 is 2.24 bits per heavy atom. The molecule has 152 valence electrons. The molecule has 0 radical (unpaired) electrons. The number of benzene rings is 2. The second-order valence-corrected chi connectivity index (χ2v) is 8.67. The van der Waals surface area contributed by atoms with Crippen LogP contribution in [0.5, 0.6) is 0 Å². The first-order chi connectivity index (χ1) is 13.5. The molecule has 0 atom stereocenters. The maximum Gasteiger partial charge on any atom is 0.433 e. The predicted octanol–water partition coefficient (Wildman–Crippen LogP) is 5.13. The molecule has 0 aliphatic heterocycles. The highest BCUT2D eigenvalue weighted by atomic mass is 32.2.